The summed E-state index contributed by atoms with van der Waals surface area (Å²) in [5.41, 5.74) is 0.879. The van der Waals surface area contributed by atoms with Crippen molar-refractivity contribution in [3.8, 4) is 11.1 Å². The predicted molar refractivity (Wildman–Crippen MR) is 117 cm³/mol. The second kappa shape index (κ2) is 9.05. The van der Waals surface area contributed by atoms with E-state index < -0.39 is 29.4 Å². The molecule has 3 aromatic rings. The summed E-state index contributed by atoms with van der Waals surface area (Å²) in [6.45, 7) is 2.10. The Morgan fingerprint density at radius 2 is 1.97 bits per heavy atom. The summed E-state index contributed by atoms with van der Waals surface area (Å²) in [5, 5.41) is 27.2. The van der Waals surface area contributed by atoms with Crippen LogP contribution < -0.4 is 5.32 Å². The zero-order valence-electron chi connectivity index (χ0n) is 18.4. The third-order valence-corrected chi connectivity index (χ3v) is 5.97. The lowest BCUT2D eigenvalue weighted by Gasteiger charge is -2.34. The number of anilines is 2. The minimum Gasteiger partial charge on any atom is -0.481 e. The van der Waals surface area contributed by atoms with E-state index >= 15 is 0 Å². The minimum absolute atomic E-state index is 0.166. The van der Waals surface area contributed by atoms with Gasteiger partial charge in [0.25, 0.3) is 0 Å². The van der Waals surface area contributed by atoms with Crippen molar-refractivity contribution in [3.05, 3.63) is 54.1 Å². The van der Waals surface area contributed by atoms with E-state index in [-0.39, 0.29) is 12.5 Å². The Labute approximate surface area is 193 Å². The summed E-state index contributed by atoms with van der Waals surface area (Å²) in [4.78, 5) is 18.6. The van der Waals surface area contributed by atoms with Crippen LogP contribution in [0, 0.1) is 12.8 Å². The molecule has 1 aliphatic carbocycles. The van der Waals surface area contributed by atoms with Crippen LogP contribution in [0.15, 0.2) is 42.9 Å². The molecule has 0 atom stereocenters. The first-order valence-corrected chi connectivity index (χ1v) is 10.8. The molecule has 180 valence electrons. The van der Waals surface area contributed by atoms with Crippen LogP contribution in [-0.4, -0.2) is 41.5 Å². The summed E-state index contributed by atoms with van der Waals surface area (Å²) in [6.07, 6.45) is 1.51. The van der Waals surface area contributed by atoms with Crippen LogP contribution in [0.3, 0.4) is 0 Å². The van der Waals surface area contributed by atoms with Gasteiger partial charge in [-0.05, 0) is 61.9 Å². The lowest BCUT2D eigenvalue weighted by atomic mass is 9.79. The highest BCUT2D eigenvalue weighted by atomic mass is 19.4. The SMILES string of the molecule is Cc1cc(Nc2nccc(C(F)(F)F)n2)cc(-c2cnn(C[C@]3(O)CC[C@H](C(=O)O)CC3)c2)c1. The number of hydrogen-bond acceptors (Lipinski definition) is 6. The fourth-order valence-corrected chi connectivity index (χ4v) is 4.19. The summed E-state index contributed by atoms with van der Waals surface area (Å²) in [6, 6.07) is 6.24. The summed E-state index contributed by atoms with van der Waals surface area (Å²) < 4.78 is 40.4. The molecular weight excluding hydrogens is 451 g/mol. The van der Waals surface area contributed by atoms with Crippen molar-refractivity contribution < 1.29 is 28.2 Å². The molecule has 2 aromatic heterocycles. The molecule has 0 spiro atoms. The van der Waals surface area contributed by atoms with Gasteiger partial charge in [-0.2, -0.15) is 18.3 Å². The third-order valence-electron chi connectivity index (χ3n) is 5.97. The fraction of sp³-hybridized carbons (Fsp3) is 0.391. The average Bonchev–Trinajstić information content (AvgIpc) is 3.21. The number of rotatable bonds is 6. The van der Waals surface area contributed by atoms with E-state index in [1.54, 1.807) is 29.2 Å². The zero-order chi connectivity index (χ0) is 24.5. The van der Waals surface area contributed by atoms with Crippen LogP contribution in [0.4, 0.5) is 24.8 Å². The predicted octanol–water partition coefficient (Wildman–Crippen LogP) is 4.42. The van der Waals surface area contributed by atoms with Crippen molar-refractivity contribution in [2.45, 2.75) is 50.9 Å². The number of aliphatic hydroxyl groups is 1. The summed E-state index contributed by atoms with van der Waals surface area (Å²) in [7, 11) is 0. The molecule has 2 heterocycles. The minimum atomic E-state index is -4.57. The number of alkyl halides is 3. The van der Waals surface area contributed by atoms with Gasteiger partial charge >= 0.3 is 12.1 Å². The number of nitrogens with one attached hydrogen (secondary N) is 1. The van der Waals surface area contributed by atoms with Crippen LogP contribution in [0.25, 0.3) is 11.1 Å². The first-order chi connectivity index (χ1) is 16.0. The lowest BCUT2D eigenvalue weighted by Crippen LogP contribution is -2.39. The van der Waals surface area contributed by atoms with Gasteiger partial charge in [-0.1, -0.05) is 6.07 Å². The standard InChI is InChI=1S/C23H24F3N5O3/c1-14-8-16(10-18(9-14)29-21-27-7-4-19(30-21)23(24,25)26)17-11-28-31(12-17)13-22(34)5-2-15(3-6-22)20(32)33/h4,7-12,15,34H,2-3,5-6,13H2,1H3,(H,32,33)(H,27,29,30)/t15-,22-. The van der Waals surface area contributed by atoms with Crippen LogP contribution in [0.5, 0.6) is 0 Å². The van der Waals surface area contributed by atoms with Gasteiger partial charge in [-0.3, -0.25) is 9.48 Å². The number of carboxylic acids is 1. The van der Waals surface area contributed by atoms with E-state index in [1.807, 2.05) is 13.0 Å². The average molecular weight is 475 g/mol. The van der Waals surface area contributed by atoms with E-state index in [9.17, 15) is 23.1 Å². The molecule has 0 unspecified atom stereocenters. The second-order valence-corrected chi connectivity index (χ2v) is 8.74. The molecule has 0 radical (unpaired) electrons. The molecule has 3 N–H and O–H groups in total. The van der Waals surface area contributed by atoms with Gasteiger partial charge in [-0.15, -0.1) is 0 Å². The number of hydrogen-bond donors (Lipinski definition) is 3. The Balaban J connectivity index is 1.49. The fourth-order valence-electron chi connectivity index (χ4n) is 4.19. The topological polar surface area (TPSA) is 113 Å². The number of nitrogens with zero attached hydrogens (tertiary/aromatic N) is 4. The van der Waals surface area contributed by atoms with E-state index in [0.29, 0.717) is 31.4 Å². The molecule has 1 saturated carbocycles. The van der Waals surface area contributed by atoms with Crippen molar-refractivity contribution in [1.82, 2.24) is 19.7 Å². The number of halogens is 3. The highest BCUT2D eigenvalue weighted by molar-refractivity contribution is 5.70. The molecule has 0 aliphatic heterocycles. The van der Waals surface area contributed by atoms with Crippen molar-refractivity contribution in [3.63, 3.8) is 0 Å². The number of benzene rings is 1. The summed E-state index contributed by atoms with van der Waals surface area (Å²) in [5.74, 6) is -1.42. The Kier molecular flexibility index (Phi) is 6.30. The van der Waals surface area contributed by atoms with Gasteiger partial charge < -0.3 is 15.5 Å². The number of aryl methyl sites for hydroxylation is 1. The molecule has 4 rings (SSSR count). The Bertz CT molecular complexity index is 1190. The highest BCUT2D eigenvalue weighted by Crippen LogP contribution is 2.34. The third kappa shape index (κ3) is 5.53. The van der Waals surface area contributed by atoms with Crippen LogP contribution in [0.2, 0.25) is 0 Å². The Hall–Kier alpha value is -3.47. The summed E-state index contributed by atoms with van der Waals surface area (Å²) >= 11 is 0. The largest absolute Gasteiger partial charge is 0.481 e. The quantitative estimate of drug-likeness (QED) is 0.484. The maximum atomic E-state index is 12.9. The lowest BCUT2D eigenvalue weighted by molar-refractivity contribution is -0.145. The molecule has 0 bridgehead atoms. The molecule has 0 amide bonds. The first kappa shape index (κ1) is 23.7. The van der Waals surface area contributed by atoms with E-state index in [1.165, 1.54) is 0 Å². The molecular formula is C23H24F3N5O3. The number of carbonyl (C=O) groups is 1. The van der Waals surface area contributed by atoms with Crippen molar-refractivity contribution in [1.29, 1.82) is 0 Å². The van der Waals surface area contributed by atoms with Gasteiger partial charge in [0.15, 0.2) is 0 Å². The van der Waals surface area contributed by atoms with Crippen LogP contribution in [-0.2, 0) is 17.5 Å². The van der Waals surface area contributed by atoms with Crippen LogP contribution in [0.1, 0.15) is 36.9 Å². The molecule has 1 aromatic carbocycles. The van der Waals surface area contributed by atoms with Gasteiger partial charge in [0, 0.05) is 23.6 Å². The number of aliphatic carboxylic acids is 1. The van der Waals surface area contributed by atoms with Gasteiger partial charge in [-0.25, -0.2) is 9.97 Å². The van der Waals surface area contributed by atoms with E-state index in [0.717, 1.165) is 29.0 Å². The monoisotopic (exact) mass is 475 g/mol. The van der Waals surface area contributed by atoms with Crippen molar-refractivity contribution in [2.75, 3.05) is 5.32 Å². The molecule has 1 fully saturated rings. The molecule has 11 heteroatoms. The maximum absolute atomic E-state index is 12.9. The Morgan fingerprint density at radius 3 is 2.65 bits per heavy atom. The maximum Gasteiger partial charge on any atom is 0.433 e. The van der Waals surface area contributed by atoms with Gasteiger partial charge in [0.05, 0.1) is 24.3 Å². The van der Waals surface area contributed by atoms with E-state index in [4.69, 9.17) is 5.11 Å². The highest BCUT2D eigenvalue weighted by Gasteiger charge is 2.36. The zero-order valence-corrected chi connectivity index (χ0v) is 18.4. The number of aromatic nitrogens is 4. The smallest absolute Gasteiger partial charge is 0.433 e. The molecule has 1 aliphatic rings. The molecule has 34 heavy (non-hydrogen) atoms. The molecule has 0 saturated heterocycles. The van der Waals surface area contributed by atoms with E-state index in [2.05, 4.69) is 20.4 Å². The van der Waals surface area contributed by atoms with Crippen LogP contribution >= 0.6 is 0 Å². The van der Waals surface area contributed by atoms with Crippen molar-refractivity contribution in [2.24, 2.45) is 5.92 Å². The van der Waals surface area contributed by atoms with Gasteiger partial charge in [0.1, 0.15) is 5.69 Å². The number of carboxylic acid groups (broad SMARTS) is 1. The normalized spacial score (nSPS) is 20.8. The molecule has 8 nitrogen and oxygen atoms in total. The first-order valence-electron chi connectivity index (χ1n) is 10.8. The Morgan fingerprint density at radius 1 is 1.24 bits per heavy atom. The second-order valence-electron chi connectivity index (χ2n) is 8.74. The van der Waals surface area contributed by atoms with Gasteiger partial charge in [0.2, 0.25) is 5.95 Å². The van der Waals surface area contributed by atoms with Crippen molar-refractivity contribution >= 4 is 17.6 Å².